The van der Waals surface area contributed by atoms with Crippen LogP contribution in [-0.2, 0) is 4.79 Å². The maximum absolute atomic E-state index is 11.8. The van der Waals surface area contributed by atoms with E-state index in [0.717, 1.165) is 27.1 Å². The van der Waals surface area contributed by atoms with Gasteiger partial charge in [-0.3, -0.25) is 4.79 Å². The van der Waals surface area contributed by atoms with Crippen molar-refractivity contribution in [3.63, 3.8) is 0 Å². The van der Waals surface area contributed by atoms with E-state index in [2.05, 4.69) is 39.5 Å². The highest BCUT2D eigenvalue weighted by Gasteiger charge is 2.24. The number of nitrogens with one attached hydrogen (secondary N) is 2. The number of hydrogen-bond donors (Lipinski definition) is 2. The van der Waals surface area contributed by atoms with Gasteiger partial charge in [-0.25, -0.2) is 0 Å². The Morgan fingerprint density at radius 3 is 3.00 bits per heavy atom. The van der Waals surface area contributed by atoms with E-state index in [1.54, 1.807) is 11.8 Å². The summed E-state index contributed by atoms with van der Waals surface area (Å²) in [5, 5.41) is 6.22. The molecule has 5 heteroatoms. The summed E-state index contributed by atoms with van der Waals surface area (Å²) >= 11 is 4.00. The molecule has 0 bridgehead atoms. The lowest BCUT2D eigenvalue weighted by Gasteiger charge is -2.26. The van der Waals surface area contributed by atoms with Crippen LogP contribution in [0.5, 0.6) is 0 Å². The van der Waals surface area contributed by atoms with Gasteiger partial charge < -0.3 is 10.6 Å². The first kappa shape index (κ1) is 12.0. The first-order valence-electron chi connectivity index (χ1n) is 5.06. The van der Waals surface area contributed by atoms with Crippen LogP contribution >= 0.6 is 34.4 Å². The number of hydrogen-bond acceptors (Lipinski definition) is 3. The highest BCUT2D eigenvalue weighted by Crippen LogP contribution is 2.29. The molecule has 1 atom stereocenters. The van der Waals surface area contributed by atoms with Gasteiger partial charge >= 0.3 is 0 Å². The average Bonchev–Trinajstić information content (AvgIpc) is 2.26. The molecule has 2 rings (SSSR count). The molecule has 0 saturated carbocycles. The van der Waals surface area contributed by atoms with Crippen molar-refractivity contribution in [1.29, 1.82) is 0 Å². The fourth-order valence-electron chi connectivity index (χ4n) is 1.66. The Hall–Kier alpha value is -0.430. The molecule has 2 N–H and O–H groups in total. The molecular weight excluding hydrogens is 335 g/mol. The van der Waals surface area contributed by atoms with Crippen molar-refractivity contribution in [2.75, 3.05) is 22.6 Å². The second kappa shape index (κ2) is 5.27. The predicted molar refractivity (Wildman–Crippen MR) is 78.2 cm³/mol. The van der Waals surface area contributed by atoms with E-state index in [9.17, 15) is 4.79 Å². The summed E-state index contributed by atoms with van der Waals surface area (Å²) in [5.41, 5.74) is 1.91. The molecule has 0 aromatic heterocycles. The Balaban J connectivity index is 2.15. The number of fused-ring (bicyclic) bond motifs is 1. The molecule has 0 fully saturated rings. The summed E-state index contributed by atoms with van der Waals surface area (Å²) in [6.07, 6.45) is 2.91. The summed E-state index contributed by atoms with van der Waals surface area (Å²) in [6, 6.07) is 5.93. The molecule has 1 unspecified atom stereocenters. The largest absolute Gasteiger partial charge is 0.372 e. The molecule has 3 nitrogen and oxygen atoms in total. The Labute approximate surface area is 113 Å². The van der Waals surface area contributed by atoms with Crippen molar-refractivity contribution in [2.45, 2.75) is 12.5 Å². The number of carbonyl (C=O) groups is 1. The van der Waals surface area contributed by atoms with Crippen LogP contribution in [0.1, 0.15) is 6.42 Å². The van der Waals surface area contributed by atoms with Crippen LogP contribution in [0.15, 0.2) is 18.2 Å². The maximum Gasteiger partial charge on any atom is 0.246 e. The Morgan fingerprint density at radius 2 is 2.25 bits per heavy atom. The van der Waals surface area contributed by atoms with Crippen LogP contribution in [0, 0.1) is 3.57 Å². The minimum absolute atomic E-state index is 0.0727. The minimum atomic E-state index is -0.0972. The van der Waals surface area contributed by atoms with Crippen LogP contribution in [0.4, 0.5) is 11.4 Å². The van der Waals surface area contributed by atoms with Crippen molar-refractivity contribution in [3.05, 3.63) is 21.8 Å². The highest BCUT2D eigenvalue weighted by molar-refractivity contribution is 14.1. The summed E-state index contributed by atoms with van der Waals surface area (Å²) in [4.78, 5) is 11.8. The molecule has 0 saturated heterocycles. The van der Waals surface area contributed by atoms with Crippen LogP contribution in [0.25, 0.3) is 0 Å². The topological polar surface area (TPSA) is 41.1 Å². The highest BCUT2D eigenvalue weighted by atomic mass is 127. The van der Waals surface area contributed by atoms with E-state index < -0.39 is 0 Å². The van der Waals surface area contributed by atoms with Crippen LogP contribution in [0.3, 0.4) is 0 Å². The lowest BCUT2D eigenvalue weighted by atomic mass is 10.1. The molecular formula is C11H13IN2OS. The second-order valence-corrected chi connectivity index (χ2v) is 5.89. The van der Waals surface area contributed by atoms with Crippen molar-refractivity contribution in [2.24, 2.45) is 0 Å². The van der Waals surface area contributed by atoms with Gasteiger partial charge in [0.05, 0.1) is 11.4 Å². The van der Waals surface area contributed by atoms with Gasteiger partial charge in [0.1, 0.15) is 6.04 Å². The van der Waals surface area contributed by atoms with E-state index in [1.165, 1.54) is 0 Å². The molecule has 16 heavy (non-hydrogen) atoms. The normalized spacial score (nSPS) is 18.6. The van der Waals surface area contributed by atoms with Gasteiger partial charge in [-0.2, -0.15) is 11.8 Å². The second-order valence-electron chi connectivity index (χ2n) is 3.66. The number of thioether (sulfide) groups is 1. The Kier molecular flexibility index (Phi) is 3.96. The van der Waals surface area contributed by atoms with Gasteiger partial charge in [-0.05, 0) is 59.2 Å². The zero-order chi connectivity index (χ0) is 11.5. The van der Waals surface area contributed by atoms with Gasteiger partial charge in [0.25, 0.3) is 0 Å². The fourth-order valence-corrected chi connectivity index (χ4v) is 2.62. The Bertz CT molecular complexity index is 411. The molecule has 1 aromatic carbocycles. The van der Waals surface area contributed by atoms with E-state index in [4.69, 9.17) is 0 Å². The summed E-state index contributed by atoms with van der Waals surface area (Å²) in [7, 11) is 0. The molecule has 0 spiro atoms. The fraction of sp³-hybridized carbons (Fsp3) is 0.364. The molecule has 1 amide bonds. The average molecular weight is 348 g/mol. The number of benzene rings is 1. The number of amides is 1. The lowest BCUT2D eigenvalue weighted by Crippen LogP contribution is -2.39. The first-order valence-corrected chi connectivity index (χ1v) is 7.54. The number of anilines is 2. The summed E-state index contributed by atoms with van der Waals surface area (Å²) < 4.78 is 1.13. The number of halogens is 1. The zero-order valence-electron chi connectivity index (χ0n) is 8.92. The van der Waals surface area contributed by atoms with Crippen molar-refractivity contribution < 1.29 is 4.79 Å². The molecule has 0 radical (unpaired) electrons. The molecule has 1 aliphatic heterocycles. The predicted octanol–water partition coefficient (Wildman–Crippen LogP) is 2.78. The standard InChI is InChI=1S/C11H13IN2OS/c1-16-5-4-9-11(15)14-10-6-7(12)2-3-8(10)13-9/h2-3,6,9,13H,4-5H2,1H3,(H,14,15). The van der Waals surface area contributed by atoms with Gasteiger partial charge in [0.15, 0.2) is 0 Å². The van der Waals surface area contributed by atoms with Crippen molar-refractivity contribution >= 4 is 51.6 Å². The third-order valence-electron chi connectivity index (χ3n) is 2.50. The lowest BCUT2D eigenvalue weighted by molar-refractivity contribution is -0.117. The van der Waals surface area contributed by atoms with E-state index >= 15 is 0 Å². The van der Waals surface area contributed by atoms with E-state index in [1.807, 2.05) is 18.2 Å². The SMILES string of the molecule is CSCCC1Nc2ccc(I)cc2NC1=O. The molecule has 86 valence electrons. The van der Waals surface area contributed by atoms with Crippen LogP contribution in [-0.4, -0.2) is 24.0 Å². The van der Waals surface area contributed by atoms with Gasteiger partial charge in [0.2, 0.25) is 5.91 Å². The monoisotopic (exact) mass is 348 g/mol. The third kappa shape index (κ3) is 2.63. The quantitative estimate of drug-likeness (QED) is 0.826. The van der Waals surface area contributed by atoms with Gasteiger partial charge in [-0.15, -0.1) is 0 Å². The molecule has 1 aromatic rings. The van der Waals surface area contributed by atoms with Crippen LogP contribution in [0.2, 0.25) is 0 Å². The number of rotatable bonds is 3. The smallest absolute Gasteiger partial charge is 0.246 e. The summed E-state index contributed by atoms with van der Waals surface area (Å²) in [5.74, 6) is 1.06. The van der Waals surface area contributed by atoms with Crippen molar-refractivity contribution in [1.82, 2.24) is 0 Å². The maximum atomic E-state index is 11.8. The minimum Gasteiger partial charge on any atom is -0.372 e. The summed E-state index contributed by atoms with van der Waals surface area (Å²) in [6.45, 7) is 0. The molecule has 1 heterocycles. The first-order chi connectivity index (χ1) is 7.70. The van der Waals surface area contributed by atoms with E-state index in [0.29, 0.717) is 0 Å². The number of carbonyl (C=O) groups excluding carboxylic acids is 1. The van der Waals surface area contributed by atoms with Crippen molar-refractivity contribution in [3.8, 4) is 0 Å². The molecule has 0 aliphatic carbocycles. The van der Waals surface area contributed by atoms with Crippen LogP contribution < -0.4 is 10.6 Å². The Morgan fingerprint density at radius 1 is 1.44 bits per heavy atom. The zero-order valence-corrected chi connectivity index (χ0v) is 11.9. The molecule has 1 aliphatic rings. The van der Waals surface area contributed by atoms with Gasteiger partial charge in [-0.1, -0.05) is 0 Å². The van der Waals surface area contributed by atoms with E-state index in [-0.39, 0.29) is 11.9 Å². The third-order valence-corrected chi connectivity index (χ3v) is 3.81. The van der Waals surface area contributed by atoms with Gasteiger partial charge in [0, 0.05) is 3.57 Å².